The van der Waals surface area contributed by atoms with Crippen molar-refractivity contribution >= 4 is 29.2 Å². The summed E-state index contributed by atoms with van der Waals surface area (Å²) in [6.45, 7) is 2.09. The van der Waals surface area contributed by atoms with Crippen LogP contribution in [0.3, 0.4) is 0 Å². The second-order valence-electron chi connectivity index (χ2n) is 6.06. The van der Waals surface area contributed by atoms with Gasteiger partial charge in [-0.2, -0.15) is 0 Å². The van der Waals surface area contributed by atoms with E-state index in [9.17, 15) is 14.7 Å². The van der Waals surface area contributed by atoms with Gasteiger partial charge in [-0.05, 0) is 29.5 Å². The van der Waals surface area contributed by atoms with Crippen molar-refractivity contribution in [2.24, 2.45) is 0 Å². The molecular formula is C18H13ClNO3-. The minimum atomic E-state index is -1.33. The Labute approximate surface area is 138 Å². The fourth-order valence-corrected chi connectivity index (χ4v) is 4.07. The van der Waals surface area contributed by atoms with Crippen LogP contribution in [0, 0.1) is 0 Å². The number of anilines is 1. The number of carbonyl (C=O) groups is 2. The molecule has 0 saturated carbocycles. The fraction of sp³-hybridized carbons (Fsp3) is 0.222. The van der Waals surface area contributed by atoms with E-state index in [1.807, 2.05) is 18.2 Å². The third-order valence-corrected chi connectivity index (χ3v) is 5.09. The van der Waals surface area contributed by atoms with Crippen LogP contribution in [0.2, 0.25) is 5.02 Å². The molecule has 0 radical (unpaired) electrons. The average Bonchev–Trinajstić information content (AvgIpc) is 2.81. The van der Waals surface area contributed by atoms with Crippen molar-refractivity contribution < 1.29 is 14.7 Å². The molecule has 23 heavy (non-hydrogen) atoms. The number of fused-ring (bicyclic) bond motifs is 5. The van der Waals surface area contributed by atoms with Gasteiger partial charge in [-0.3, -0.25) is 9.69 Å². The molecule has 1 amide bonds. The Morgan fingerprint density at radius 3 is 2.65 bits per heavy atom. The number of amides is 1. The smallest absolute Gasteiger partial charge is 0.259 e. The monoisotopic (exact) mass is 326 g/mol. The second kappa shape index (κ2) is 4.83. The van der Waals surface area contributed by atoms with E-state index in [2.05, 4.69) is 6.92 Å². The highest BCUT2D eigenvalue weighted by Gasteiger charge is 2.44. The summed E-state index contributed by atoms with van der Waals surface area (Å²) < 4.78 is 0. The molecule has 0 aromatic heterocycles. The van der Waals surface area contributed by atoms with Crippen LogP contribution in [0.15, 0.2) is 36.4 Å². The maximum atomic E-state index is 13.0. The van der Waals surface area contributed by atoms with Gasteiger partial charge in [0, 0.05) is 5.56 Å². The van der Waals surface area contributed by atoms with Gasteiger partial charge in [0.25, 0.3) is 5.91 Å². The lowest BCUT2D eigenvalue weighted by molar-refractivity contribution is -0.255. The maximum absolute atomic E-state index is 13.0. The zero-order valence-electron chi connectivity index (χ0n) is 12.4. The zero-order chi connectivity index (χ0) is 16.3. The van der Waals surface area contributed by atoms with Crippen molar-refractivity contribution in [1.29, 1.82) is 0 Å². The van der Waals surface area contributed by atoms with Crippen LogP contribution < -0.4 is 10.0 Å². The number of hydrogen-bond donors (Lipinski definition) is 0. The van der Waals surface area contributed by atoms with Crippen molar-refractivity contribution in [3.63, 3.8) is 0 Å². The number of carboxylic acids is 1. The third-order valence-electron chi connectivity index (χ3n) is 4.79. The SMILES string of the molecule is C[C@H]1C[C@H]2c3cccc(C(=O)[O-])c3C(=O)N2c2c(Cl)cccc21. The first-order chi connectivity index (χ1) is 11.0. The lowest BCUT2D eigenvalue weighted by atomic mass is 9.85. The molecule has 4 nitrogen and oxygen atoms in total. The summed E-state index contributed by atoms with van der Waals surface area (Å²) in [5.41, 5.74) is 2.64. The molecule has 2 aromatic carbocycles. The molecule has 0 aliphatic carbocycles. The van der Waals surface area contributed by atoms with Gasteiger partial charge in [-0.25, -0.2) is 0 Å². The highest BCUT2D eigenvalue weighted by Crippen LogP contribution is 2.52. The molecule has 0 saturated heterocycles. The van der Waals surface area contributed by atoms with Crippen molar-refractivity contribution in [2.75, 3.05) is 4.90 Å². The van der Waals surface area contributed by atoms with Crippen molar-refractivity contribution in [3.8, 4) is 0 Å². The number of aromatic carboxylic acids is 1. The predicted molar refractivity (Wildman–Crippen MR) is 84.8 cm³/mol. The van der Waals surface area contributed by atoms with Gasteiger partial charge in [0.15, 0.2) is 0 Å². The van der Waals surface area contributed by atoms with Crippen LogP contribution in [0.5, 0.6) is 0 Å². The Morgan fingerprint density at radius 1 is 1.22 bits per heavy atom. The number of hydrogen-bond acceptors (Lipinski definition) is 3. The highest BCUT2D eigenvalue weighted by atomic mass is 35.5. The molecule has 0 fully saturated rings. The summed E-state index contributed by atoms with van der Waals surface area (Å²) in [7, 11) is 0. The first kappa shape index (κ1) is 14.3. The largest absolute Gasteiger partial charge is 0.545 e. The zero-order valence-corrected chi connectivity index (χ0v) is 13.1. The van der Waals surface area contributed by atoms with Crippen LogP contribution in [0.4, 0.5) is 5.69 Å². The van der Waals surface area contributed by atoms with E-state index in [0.717, 1.165) is 17.5 Å². The van der Waals surface area contributed by atoms with Gasteiger partial charge in [-0.1, -0.05) is 48.9 Å². The third kappa shape index (κ3) is 1.85. The number of rotatable bonds is 1. The lowest BCUT2D eigenvalue weighted by Crippen LogP contribution is -2.34. The van der Waals surface area contributed by atoms with Gasteiger partial charge >= 0.3 is 0 Å². The summed E-state index contributed by atoms with van der Waals surface area (Å²) in [4.78, 5) is 26.0. The molecule has 5 heteroatoms. The van der Waals surface area contributed by atoms with Gasteiger partial charge in [0.1, 0.15) is 0 Å². The molecular weight excluding hydrogens is 314 g/mol. The number of para-hydroxylation sites is 1. The van der Waals surface area contributed by atoms with Crippen LogP contribution in [0.1, 0.15) is 57.1 Å². The van der Waals surface area contributed by atoms with Crippen molar-refractivity contribution in [1.82, 2.24) is 0 Å². The fourth-order valence-electron chi connectivity index (χ4n) is 3.79. The number of halogens is 1. The van der Waals surface area contributed by atoms with Crippen LogP contribution in [0.25, 0.3) is 0 Å². The summed E-state index contributed by atoms with van der Waals surface area (Å²) >= 11 is 6.36. The van der Waals surface area contributed by atoms with E-state index in [1.54, 1.807) is 17.0 Å². The molecule has 2 aliphatic rings. The van der Waals surface area contributed by atoms with Crippen LogP contribution in [-0.2, 0) is 0 Å². The van der Waals surface area contributed by atoms with E-state index in [1.165, 1.54) is 6.07 Å². The van der Waals surface area contributed by atoms with E-state index >= 15 is 0 Å². The molecule has 0 bridgehead atoms. The molecule has 2 aliphatic heterocycles. The normalized spacial score (nSPS) is 21.7. The molecule has 0 N–H and O–H groups in total. The number of carbonyl (C=O) groups excluding carboxylic acids is 2. The van der Waals surface area contributed by atoms with Gasteiger partial charge in [0.05, 0.1) is 28.3 Å². The first-order valence-corrected chi connectivity index (χ1v) is 7.84. The lowest BCUT2D eigenvalue weighted by Gasteiger charge is -2.36. The predicted octanol–water partition coefficient (Wildman–Crippen LogP) is 2.91. The average molecular weight is 327 g/mol. The first-order valence-electron chi connectivity index (χ1n) is 7.47. The molecule has 2 aromatic rings. The molecule has 2 heterocycles. The second-order valence-corrected chi connectivity index (χ2v) is 6.47. The van der Waals surface area contributed by atoms with E-state index in [4.69, 9.17) is 11.6 Å². The van der Waals surface area contributed by atoms with Crippen LogP contribution in [-0.4, -0.2) is 11.9 Å². The standard InChI is InChI=1S/C18H14ClNO3/c1-9-8-14-11-5-2-6-12(18(22)23)15(11)17(21)20(14)16-10(9)4-3-7-13(16)19/h2-7,9,14H,8H2,1H3,(H,22,23)/p-1/t9-,14-/m0/s1. The molecule has 0 spiro atoms. The van der Waals surface area contributed by atoms with Crippen LogP contribution >= 0.6 is 11.6 Å². The minimum Gasteiger partial charge on any atom is -0.545 e. The summed E-state index contributed by atoms with van der Waals surface area (Å²) in [5, 5.41) is 11.9. The van der Waals surface area contributed by atoms with E-state index in [0.29, 0.717) is 10.7 Å². The Balaban J connectivity index is 1.98. The topological polar surface area (TPSA) is 60.4 Å². The number of carboxylic acid groups (broad SMARTS) is 1. The molecule has 4 rings (SSSR count). The Kier molecular flexibility index (Phi) is 3.00. The summed E-state index contributed by atoms with van der Waals surface area (Å²) in [6, 6.07) is 10.3. The molecule has 0 unspecified atom stereocenters. The summed E-state index contributed by atoms with van der Waals surface area (Å²) in [6.07, 6.45) is 0.739. The van der Waals surface area contributed by atoms with Crippen molar-refractivity contribution in [2.45, 2.75) is 25.3 Å². The van der Waals surface area contributed by atoms with Gasteiger partial charge in [-0.15, -0.1) is 0 Å². The Bertz CT molecular complexity index is 861. The number of benzene rings is 2. The maximum Gasteiger partial charge on any atom is 0.259 e. The molecule has 2 atom stereocenters. The van der Waals surface area contributed by atoms with E-state index < -0.39 is 5.97 Å². The minimum absolute atomic E-state index is 0.0526. The Morgan fingerprint density at radius 2 is 1.91 bits per heavy atom. The number of nitrogens with zero attached hydrogens (tertiary/aromatic N) is 1. The van der Waals surface area contributed by atoms with Crippen molar-refractivity contribution in [3.05, 3.63) is 63.7 Å². The quantitative estimate of drug-likeness (QED) is 0.809. The van der Waals surface area contributed by atoms with E-state index in [-0.39, 0.29) is 29.0 Å². The van der Waals surface area contributed by atoms with Gasteiger partial charge in [0.2, 0.25) is 0 Å². The van der Waals surface area contributed by atoms with Gasteiger partial charge < -0.3 is 9.90 Å². The molecule has 116 valence electrons. The highest BCUT2D eigenvalue weighted by molar-refractivity contribution is 6.34. The summed E-state index contributed by atoms with van der Waals surface area (Å²) in [5.74, 6) is -1.41. The Hall–Kier alpha value is -2.33.